The van der Waals surface area contributed by atoms with E-state index in [4.69, 9.17) is 0 Å². The normalized spacial score (nSPS) is 12.7. The lowest BCUT2D eigenvalue weighted by atomic mass is 10.0. The number of H-pyrrole nitrogens is 1. The van der Waals surface area contributed by atoms with Crippen LogP contribution in [0.3, 0.4) is 0 Å². The van der Waals surface area contributed by atoms with Crippen LogP contribution in [0.5, 0.6) is 0 Å². The Bertz CT molecular complexity index is 454. The predicted molar refractivity (Wildman–Crippen MR) is 53.8 cm³/mol. The fourth-order valence-corrected chi connectivity index (χ4v) is 1.52. The highest BCUT2D eigenvalue weighted by Crippen LogP contribution is 2.22. The Labute approximate surface area is 86.6 Å². The number of aromatic amines is 1. The monoisotopic (exact) mass is 206 g/mol. The molecule has 1 unspecified atom stereocenters. The zero-order valence-electron chi connectivity index (χ0n) is 8.24. The molecule has 0 radical (unpaired) electrons. The molecule has 0 saturated heterocycles. The first kappa shape index (κ1) is 9.86. The quantitative estimate of drug-likeness (QED) is 0.788. The molecule has 1 aromatic heterocycles. The summed E-state index contributed by atoms with van der Waals surface area (Å²) in [5.74, 6) is 0.160. The second kappa shape index (κ2) is 3.82. The van der Waals surface area contributed by atoms with E-state index >= 15 is 0 Å². The molecular formula is C11H11FN2O. The highest BCUT2D eigenvalue weighted by Gasteiger charge is 2.14. The fraction of sp³-hybridized carbons (Fsp3) is 0.182. The largest absolute Gasteiger partial charge is 0.380 e. The molecule has 2 aromatic rings. The van der Waals surface area contributed by atoms with Crippen molar-refractivity contribution in [1.29, 1.82) is 0 Å². The minimum Gasteiger partial charge on any atom is -0.380 e. The number of rotatable bonds is 2. The van der Waals surface area contributed by atoms with Crippen LogP contribution in [-0.4, -0.2) is 15.1 Å². The number of hydrogen-bond donors (Lipinski definition) is 2. The van der Waals surface area contributed by atoms with Crippen LogP contribution < -0.4 is 0 Å². The van der Waals surface area contributed by atoms with Gasteiger partial charge < -0.3 is 10.1 Å². The summed E-state index contributed by atoms with van der Waals surface area (Å²) in [6.45, 7) is 1.75. The van der Waals surface area contributed by atoms with Crippen molar-refractivity contribution in [1.82, 2.24) is 9.97 Å². The first-order valence-corrected chi connectivity index (χ1v) is 4.62. The summed E-state index contributed by atoms with van der Waals surface area (Å²) in [6, 6.07) is 4.29. The Morgan fingerprint density at radius 1 is 1.47 bits per heavy atom. The van der Waals surface area contributed by atoms with Gasteiger partial charge in [-0.05, 0) is 30.2 Å². The van der Waals surface area contributed by atoms with Gasteiger partial charge in [0.05, 0.1) is 0 Å². The van der Waals surface area contributed by atoms with Gasteiger partial charge in [-0.25, -0.2) is 9.37 Å². The summed E-state index contributed by atoms with van der Waals surface area (Å²) < 4.78 is 12.8. The Balaban J connectivity index is 2.38. The molecule has 1 atom stereocenters. The van der Waals surface area contributed by atoms with Gasteiger partial charge in [0.1, 0.15) is 17.7 Å². The molecule has 15 heavy (non-hydrogen) atoms. The van der Waals surface area contributed by atoms with Gasteiger partial charge in [-0.3, -0.25) is 0 Å². The molecule has 0 fully saturated rings. The van der Waals surface area contributed by atoms with Crippen molar-refractivity contribution in [3.63, 3.8) is 0 Å². The average Bonchev–Trinajstić information content (AvgIpc) is 2.69. The molecule has 0 aliphatic rings. The molecule has 4 heteroatoms. The van der Waals surface area contributed by atoms with Crippen molar-refractivity contribution in [3.05, 3.63) is 53.4 Å². The lowest BCUT2D eigenvalue weighted by molar-refractivity contribution is 0.210. The Morgan fingerprint density at radius 2 is 2.27 bits per heavy atom. The third-order valence-electron chi connectivity index (χ3n) is 2.30. The molecule has 2 rings (SSSR count). The standard InChI is InChI=1S/C11H11FN2O/c1-7-6-8(12)2-3-9(7)10(15)11-13-4-5-14-11/h2-6,10,15H,1H3,(H,13,14). The number of nitrogens with one attached hydrogen (secondary N) is 1. The molecule has 0 aliphatic heterocycles. The number of aromatic nitrogens is 2. The van der Waals surface area contributed by atoms with Crippen molar-refractivity contribution in [2.75, 3.05) is 0 Å². The van der Waals surface area contributed by atoms with Crippen LogP contribution >= 0.6 is 0 Å². The maximum atomic E-state index is 12.8. The number of aliphatic hydroxyl groups excluding tert-OH is 1. The van der Waals surface area contributed by atoms with E-state index in [0.717, 1.165) is 0 Å². The Hall–Kier alpha value is -1.68. The van der Waals surface area contributed by atoms with Gasteiger partial charge in [-0.1, -0.05) is 6.07 Å². The molecule has 78 valence electrons. The predicted octanol–water partition coefficient (Wildman–Crippen LogP) is 1.94. The van der Waals surface area contributed by atoms with E-state index in [1.807, 2.05) is 0 Å². The zero-order chi connectivity index (χ0) is 10.8. The number of benzene rings is 1. The van der Waals surface area contributed by atoms with Crippen molar-refractivity contribution < 1.29 is 9.50 Å². The number of aliphatic hydroxyl groups is 1. The molecule has 3 nitrogen and oxygen atoms in total. The maximum Gasteiger partial charge on any atom is 0.139 e. The number of nitrogens with zero attached hydrogens (tertiary/aromatic N) is 1. The molecule has 0 saturated carbocycles. The Kier molecular flexibility index (Phi) is 2.51. The second-order valence-corrected chi connectivity index (χ2v) is 3.38. The highest BCUT2D eigenvalue weighted by molar-refractivity contribution is 5.31. The summed E-state index contributed by atoms with van der Waals surface area (Å²) in [4.78, 5) is 6.78. The van der Waals surface area contributed by atoms with E-state index in [-0.39, 0.29) is 5.82 Å². The minimum atomic E-state index is -0.833. The number of halogens is 1. The smallest absolute Gasteiger partial charge is 0.139 e. The van der Waals surface area contributed by atoms with Crippen LogP contribution in [0.15, 0.2) is 30.6 Å². The van der Waals surface area contributed by atoms with E-state index in [0.29, 0.717) is 17.0 Å². The van der Waals surface area contributed by atoms with Gasteiger partial charge in [0, 0.05) is 12.4 Å². The lowest BCUT2D eigenvalue weighted by Gasteiger charge is -2.11. The molecule has 0 amide bonds. The number of hydrogen-bond acceptors (Lipinski definition) is 2. The first-order valence-electron chi connectivity index (χ1n) is 4.62. The van der Waals surface area contributed by atoms with Crippen molar-refractivity contribution in [3.8, 4) is 0 Å². The van der Waals surface area contributed by atoms with Crippen molar-refractivity contribution in [2.45, 2.75) is 13.0 Å². The van der Waals surface area contributed by atoms with Crippen LogP contribution in [0.1, 0.15) is 23.1 Å². The first-order chi connectivity index (χ1) is 7.18. The van der Waals surface area contributed by atoms with Gasteiger partial charge in [-0.2, -0.15) is 0 Å². The van der Waals surface area contributed by atoms with Gasteiger partial charge >= 0.3 is 0 Å². The summed E-state index contributed by atoms with van der Waals surface area (Å²) in [6.07, 6.45) is 2.37. The van der Waals surface area contributed by atoms with Crippen LogP contribution in [-0.2, 0) is 0 Å². The topological polar surface area (TPSA) is 48.9 Å². The fourth-order valence-electron chi connectivity index (χ4n) is 1.52. The third-order valence-corrected chi connectivity index (χ3v) is 2.30. The minimum absolute atomic E-state index is 0.303. The summed E-state index contributed by atoms with van der Waals surface area (Å²) in [5.41, 5.74) is 1.37. The lowest BCUT2D eigenvalue weighted by Crippen LogP contribution is -2.04. The van der Waals surface area contributed by atoms with Crippen molar-refractivity contribution >= 4 is 0 Å². The van der Waals surface area contributed by atoms with Gasteiger partial charge in [-0.15, -0.1) is 0 Å². The summed E-state index contributed by atoms with van der Waals surface area (Å²) >= 11 is 0. The maximum absolute atomic E-state index is 12.8. The van der Waals surface area contributed by atoms with Crippen LogP contribution in [0.2, 0.25) is 0 Å². The van der Waals surface area contributed by atoms with Gasteiger partial charge in [0.15, 0.2) is 0 Å². The molecule has 0 bridgehead atoms. The average molecular weight is 206 g/mol. The highest BCUT2D eigenvalue weighted by atomic mass is 19.1. The van der Waals surface area contributed by atoms with Gasteiger partial charge in [0.2, 0.25) is 0 Å². The second-order valence-electron chi connectivity index (χ2n) is 3.38. The molecule has 1 aromatic carbocycles. The molecular weight excluding hydrogens is 195 g/mol. The van der Waals surface area contributed by atoms with E-state index < -0.39 is 6.10 Å². The van der Waals surface area contributed by atoms with E-state index in [1.54, 1.807) is 25.4 Å². The van der Waals surface area contributed by atoms with E-state index in [2.05, 4.69) is 9.97 Å². The van der Waals surface area contributed by atoms with Crippen LogP contribution in [0.25, 0.3) is 0 Å². The van der Waals surface area contributed by atoms with Crippen LogP contribution in [0, 0.1) is 12.7 Å². The third kappa shape index (κ3) is 1.89. The summed E-state index contributed by atoms with van der Waals surface area (Å²) in [7, 11) is 0. The SMILES string of the molecule is Cc1cc(F)ccc1C(O)c1ncc[nH]1. The van der Waals surface area contributed by atoms with E-state index in [1.165, 1.54) is 12.1 Å². The molecule has 0 aliphatic carbocycles. The molecule has 1 heterocycles. The Morgan fingerprint density at radius 3 is 2.87 bits per heavy atom. The molecule has 0 spiro atoms. The van der Waals surface area contributed by atoms with Gasteiger partial charge in [0.25, 0.3) is 0 Å². The van der Waals surface area contributed by atoms with Crippen molar-refractivity contribution in [2.24, 2.45) is 0 Å². The van der Waals surface area contributed by atoms with E-state index in [9.17, 15) is 9.50 Å². The van der Waals surface area contributed by atoms with Crippen LogP contribution in [0.4, 0.5) is 4.39 Å². The number of imidazole rings is 1. The summed E-state index contributed by atoms with van der Waals surface area (Å²) in [5, 5.41) is 9.94. The zero-order valence-corrected chi connectivity index (χ0v) is 8.24. The number of aryl methyl sites for hydroxylation is 1. The molecule has 2 N–H and O–H groups in total.